The van der Waals surface area contributed by atoms with Crippen LogP contribution < -0.4 is 57.0 Å². The minimum Gasteiger partial charge on any atom is -0.490 e. The van der Waals surface area contributed by atoms with Crippen molar-refractivity contribution in [2.75, 3.05) is 38.4 Å². The van der Waals surface area contributed by atoms with Gasteiger partial charge in [-0.1, -0.05) is 117 Å². The summed E-state index contributed by atoms with van der Waals surface area (Å²) < 4.78 is 71.1. The Labute approximate surface area is 696 Å². The van der Waals surface area contributed by atoms with Gasteiger partial charge in [-0.25, -0.2) is 24.0 Å². The largest absolute Gasteiger partial charge is 0.490 e. The van der Waals surface area contributed by atoms with Gasteiger partial charge in [0.2, 0.25) is 0 Å². The van der Waals surface area contributed by atoms with Crippen molar-refractivity contribution in [2.24, 2.45) is 0 Å². The normalized spacial score (nSPS) is 15.7. The molecule has 15 rings (SSSR count). The molecule has 0 spiro atoms. The smallest absolute Gasteiger partial charge is 0.338 e. The van der Waals surface area contributed by atoms with Crippen LogP contribution in [0.15, 0.2) is 267 Å². The van der Waals surface area contributed by atoms with E-state index in [1.807, 2.05) is 98.6 Å². The van der Waals surface area contributed by atoms with Crippen LogP contribution in [0.1, 0.15) is 131 Å². The van der Waals surface area contributed by atoms with E-state index < -0.39 is 71.4 Å². The van der Waals surface area contributed by atoms with Crippen LogP contribution in [0.3, 0.4) is 0 Å². The lowest BCUT2D eigenvalue weighted by Gasteiger charge is -2.21. The Hall–Kier alpha value is -15.2. The molecule has 0 aromatic heterocycles. The quantitative estimate of drug-likeness (QED) is 0.0222. The molecule has 0 bridgehead atoms. The minimum absolute atomic E-state index is 0.0652. The SMILES string of the molecule is C=C(C)C(=O)OCCOc1ccc2c(c1)C(c1ccc(N(C)c3ccc(C4C(=O)Oc5ccc(OCCOC(=O)C(=C)C)cc54)cc3)cc1)C(=O)O2.C=C(C)C(=O)Oc1ccc(C)cc1C1C(=O)Oc2ccc(C)cc21.C=C(C)C(=O)Oc1ccc2c(c1)C(c1ccc(Oc3ccc(C4C(=O)Oc5ccc(OC(=O)C(=C)C)cc54)cc3)cc1)C(=O)O2. The number of benzene rings is 10. The van der Waals surface area contributed by atoms with Crippen LogP contribution in [0, 0.1) is 13.8 Å². The van der Waals surface area contributed by atoms with E-state index in [1.54, 1.807) is 168 Å². The monoisotopic (exact) mass is 1630 g/mol. The van der Waals surface area contributed by atoms with Crippen LogP contribution >= 0.6 is 0 Å². The molecule has 5 atom stereocenters. The summed E-state index contributed by atoms with van der Waals surface area (Å²) in [4.78, 5) is 125. The van der Waals surface area contributed by atoms with E-state index in [4.69, 9.17) is 61.6 Å². The first-order chi connectivity index (χ1) is 57.9. The Morgan fingerprint density at radius 3 is 0.926 bits per heavy atom. The van der Waals surface area contributed by atoms with Gasteiger partial charge in [-0.05, 0) is 204 Å². The minimum atomic E-state index is -0.698. The number of fused-ring (bicyclic) bond motifs is 5. The molecule has 10 aromatic carbocycles. The number of hydrogen-bond donors (Lipinski definition) is 0. The zero-order valence-electron chi connectivity index (χ0n) is 67.2. The molecule has 0 amide bonds. The highest BCUT2D eigenvalue weighted by Crippen LogP contribution is 2.48. The molecule has 0 radical (unpaired) electrons. The third kappa shape index (κ3) is 19.1. The molecular formula is C97H81NO23. The summed E-state index contributed by atoms with van der Waals surface area (Å²) in [5, 5.41) is 0. The van der Waals surface area contributed by atoms with Crippen molar-refractivity contribution in [1.82, 2.24) is 0 Å². The van der Waals surface area contributed by atoms with Crippen LogP contribution in [0.4, 0.5) is 11.4 Å². The van der Waals surface area contributed by atoms with Crippen molar-refractivity contribution in [1.29, 1.82) is 0 Å². The molecule has 5 unspecified atom stereocenters. The summed E-state index contributed by atoms with van der Waals surface area (Å²) in [6, 6.07) is 60.1. The van der Waals surface area contributed by atoms with Gasteiger partial charge in [0, 0.05) is 79.7 Å². The van der Waals surface area contributed by atoms with Gasteiger partial charge < -0.3 is 66.5 Å². The van der Waals surface area contributed by atoms with E-state index in [0.29, 0.717) is 113 Å². The second-order valence-electron chi connectivity index (χ2n) is 29.2. The molecule has 24 heteroatoms. The summed E-state index contributed by atoms with van der Waals surface area (Å²) in [6.45, 7) is 30.0. The first kappa shape index (κ1) is 83.7. The fourth-order valence-corrected chi connectivity index (χ4v) is 13.6. The highest BCUT2D eigenvalue weighted by atomic mass is 16.6. The molecule has 0 aliphatic carbocycles. The summed E-state index contributed by atoms with van der Waals surface area (Å²) in [6.07, 6.45) is 0. The van der Waals surface area contributed by atoms with Gasteiger partial charge in [0.05, 0.1) is 0 Å². The lowest BCUT2D eigenvalue weighted by atomic mass is 9.90. The van der Waals surface area contributed by atoms with Gasteiger partial charge in [-0.15, -0.1) is 0 Å². The fourth-order valence-electron chi connectivity index (χ4n) is 13.6. The Morgan fingerprint density at radius 1 is 0.306 bits per heavy atom. The second kappa shape index (κ2) is 36.1. The number of rotatable bonds is 25. The maximum absolute atomic E-state index is 12.9. The van der Waals surface area contributed by atoms with Crippen molar-refractivity contribution in [3.8, 4) is 69.0 Å². The number of anilines is 2. The van der Waals surface area contributed by atoms with Crippen LogP contribution in [-0.4, -0.2) is 93.2 Å². The average Bonchev–Trinajstić information content (AvgIpc) is 1.64. The van der Waals surface area contributed by atoms with Gasteiger partial charge >= 0.3 is 59.7 Å². The zero-order chi connectivity index (χ0) is 86.2. The lowest BCUT2D eigenvalue weighted by molar-refractivity contribution is -0.140. The molecule has 5 aliphatic heterocycles. The molecule has 0 saturated carbocycles. The number of carbonyl (C=O) groups is 10. The molecule has 0 N–H and O–H groups in total. The molecule has 10 aromatic rings. The molecule has 612 valence electrons. The molecule has 24 nitrogen and oxygen atoms in total. The van der Waals surface area contributed by atoms with E-state index in [1.165, 1.54) is 0 Å². The maximum Gasteiger partial charge on any atom is 0.338 e. The average molecular weight is 1630 g/mol. The molecule has 0 saturated heterocycles. The Balaban J connectivity index is 0.000000166. The molecule has 5 aliphatic rings. The number of hydrogen-bond acceptors (Lipinski definition) is 24. The summed E-state index contributed by atoms with van der Waals surface area (Å²) in [5.74, 6) is -2.55. The summed E-state index contributed by atoms with van der Waals surface area (Å²) in [7, 11) is 1.93. The fraction of sp³-hybridized carbons (Fsp3) is 0.175. The van der Waals surface area contributed by atoms with Crippen molar-refractivity contribution in [3.63, 3.8) is 0 Å². The number of carbonyl (C=O) groups excluding carboxylic acids is 10. The van der Waals surface area contributed by atoms with Gasteiger partial charge in [-0.2, -0.15) is 0 Å². The lowest BCUT2D eigenvalue weighted by Crippen LogP contribution is -2.15. The number of ether oxygens (including phenoxy) is 13. The van der Waals surface area contributed by atoms with Gasteiger partial charge in [-0.3, -0.25) is 24.0 Å². The first-order valence-corrected chi connectivity index (χ1v) is 38.1. The van der Waals surface area contributed by atoms with Crippen molar-refractivity contribution >= 4 is 71.1 Å². The van der Waals surface area contributed by atoms with Crippen molar-refractivity contribution in [2.45, 2.75) is 78.1 Å². The Kier molecular flexibility index (Phi) is 25.0. The van der Waals surface area contributed by atoms with E-state index in [2.05, 4.69) is 32.9 Å². The molecule has 5 heterocycles. The van der Waals surface area contributed by atoms with E-state index in [9.17, 15) is 47.9 Å². The predicted octanol–water partition coefficient (Wildman–Crippen LogP) is 16.9. The third-order valence-corrected chi connectivity index (χ3v) is 19.8. The summed E-state index contributed by atoms with van der Waals surface area (Å²) >= 11 is 0. The van der Waals surface area contributed by atoms with E-state index >= 15 is 0 Å². The zero-order valence-corrected chi connectivity index (χ0v) is 67.2. The van der Waals surface area contributed by atoms with Crippen molar-refractivity contribution in [3.05, 3.63) is 334 Å². The van der Waals surface area contributed by atoms with Crippen LogP contribution in [0.2, 0.25) is 0 Å². The van der Waals surface area contributed by atoms with Crippen molar-refractivity contribution < 1.29 is 110 Å². The highest BCUT2D eigenvalue weighted by molar-refractivity contribution is 5.96. The Bertz CT molecular complexity index is 5630. The first-order valence-electron chi connectivity index (χ1n) is 38.1. The van der Waals surface area contributed by atoms with Crippen LogP contribution in [0.25, 0.3) is 0 Å². The van der Waals surface area contributed by atoms with E-state index in [-0.39, 0.29) is 67.0 Å². The number of nitrogens with zero attached hydrogens (tertiary/aromatic N) is 1. The van der Waals surface area contributed by atoms with Gasteiger partial charge in [0.25, 0.3) is 0 Å². The topological polar surface area (TPSA) is 294 Å². The van der Waals surface area contributed by atoms with Gasteiger partial charge in [0.15, 0.2) is 0 Å². The predicted molar refractivity (Wildman–Crippen MR) is 443 cm³/mol. The third-order valence-electron chi connectivity index (χ3n) is 19.8. The molecule has 121 heavy (non-hydrogen) atoms. The molecular weight excluding hydrogens is 1550 g/mol. The highest BCUT2D eigenvalue weighted by Gasteiger charge is 2.41. The number of aryl methyl sites for hydroxylation is 2. The second-order valence-corrected chi connectivity index (χ2v) is 29.2. The van der Waals surface area contributed by atoms with Crippen LogP contribution in [0.5, 0.6) is 69.0 Å². The summed E-state index contributed by atoms with van der Waals surface area (Å²) in [5.41, 5.74) is 12.0. The molecule has 0 fully saturated rings. The maximum atomic E-state index is 12.9. The van der Waals surface area contributed by atoms with E-state index in [0.717, 1.165) is 39.2 Å². The van der Waals surface area contributed by atoms with Crippen LogP contribution in [-0.2, 0) is 57.4 Å². The van der Waals surface area contributed by atoms with Gasteiger partial charge in [0.1, 0.15) is 125 Å². The Morgan fingerprint density at radius 2 is 0.579 bits per heavy atom. The number of esters is 10. The standard InChI is InChI=1S/C41H37NO10.C36H26O9.C20H18O4/c1-24(2)38(43)49-20-18-47-30-14-16-34-32(22-30)36(40(45)51-34)26-6-10-28(11-7-26)42(5)29-12-8-27(9-13-29)37-33-23-31(15-17-35(33)52-41(37)46)48-19-21-50-39(44)25(3)4;1-19(2)33(37)42-25-13-15-29-27(17-25)31(35(39)44-29)21-5-9-23(10-6-21)41-24-11-7-22(8-12-24)32-28-18-26(43-34(38)20(3)4)14-16-30(28)45-36(32)40;1-11(2)19(21)23-16-7-5-12(3)9-14(16)18-15-10-13(4)6-8-17(15)24-20(18)22/h6-17,22-23,36-37H,1,3,18-21H2,2,4-5H3;5-18,31-32H,1,3H2,2,4H3;5-10,18H,1H2,2-4H3.